The summed E-state index contributed by atoms with van der Waals surface area (Å²) < 4.78 is 38.6. The lowest BCUT2D eigenvalue weighted by Crippen LogP contribution is -2.15. The van der Waals surface area contributed by atoms with Crippen LogP contribution in [0.2, 0.25) is 5.02 Å². The van der Waals surface area contributed by atoms with E-state index in [-0.39, 0.29) is 10.7 Å². The van der Waals surface area contributed by atoms with E-state index < -0.39 is 10.0 Å². The molecule has 0 unspecified atom stereocenters. The van der Waals surface area contributed by atoms with Gasteiger partial charge >= 0.3 is 0 Å². The van der Waals surface area contributed by atoms with Crippen LogP contribution in [0.4, 0.5) is 11.6 Å². The van der Waals surface area contributed by atoms with E-state index in [0.29, 0.717) is 33.7 Å². The number of sulfonamides is 1. The summed E-state index contributed by atoms with van der Waals surface area (Å²) in [7, 11) is -3.78. The number of para-hydroxylation sites is 2. The van der Waals surface area contributed by atoms with Crippen molar-refractivity contribution in [2.24, 2.45) is 0 Å². The summed E-state index contributed by atoms with van der Waals surface area (Å²) in [4.78, 5) is 8.13. The Labute approximate surface area is 232 Å². The van der Waals surface area contributed by atoms with Crippen molar-refractivity contribution in [2.75, 3.05) is 10.5 Å². The smallest absolute Gasteiger partial charge is 0.263 e. The largest absolute Gasteiger partial charge is 0.456 e. The SMILES string of the molecule is Cc1c(Cl)cccc1S(=O)(=O)Nc1ccc(Oc2ccccc2)cn1.Nc1ccc(Oc2ccccc2)cn1. The van der Waals surface area contributed by atoms with E-state index in [4.69, 9.17) is 26.8 Å². The number of pyridine rings is 2. The lowest BCUT2D eigenvalue weighted by Gasteiger charge is -2.11. The van der Waals surface area contributed by atoms with Gasteiger partial charge in [-0.05, 0) is 73.2 Å². The second kappa shape index (κ2) is 12.8. The maximum absolute atomic E-state index is 12.5. The van der Waals surface area contributed by atoms with Crippen LogP contribution in [0.25, 0.3) is 0 Å². The number of anilines is 2. The number of hydrogen-bond donors (Lipinski definition) is 2. The van der Waals surface area contributed by atoms with E-state index in [0.717, 1.165) is 5.75 Å². The predicted molar refractivity (Wildman–Crippen MR) is 153 cm³/mol. The number of aromatic nitrogens is 2. The van der Waals surface area contributed by atoms with Crippen LogP contribution in [-0.2, 0) is 10.0 Å². The first-order chi connectivity index (χ1) is 18.8. The fourth-order valence-corrected chi connectivity index (χ4v) is 4.78. The van der Waals surface area contributed by atoms with Gasteiger partial charge in [0, 0.05) is 5.02 Å². The van der Waals surface area contributed by atoms with Gasteiger partial charge in [-0.3, -0.25) is 4.72 Å². The second-order valence-corrected chi connectivity index (χ2v) is 10.2. The number of halogens is 1. The molecule has 3 aromatic carbocycles. The molecule has 0 spiro atoms. The molecule has 0 aliphatic carbocycles. The summed E-state index contributed by atoms with van der Waals surface area (Å²) in [6.07, 6.45) is 3.05. The Kier molecular flexibility index (Phi) is 8.98. The number of rotatable bonds is 7. The minimum atomic E-state index is -3.78. The van der Waals surface area contributed by atoms with Gasteiger partial charge in [0.1, 0.15) is 34.6 Å². The summed E-state index contributed by atoms with van der Waals surface area (Å²) in [5, 5.41) is 0.391. The van der Waals surface area contributed by atoms with E-state index >= 15 is 0 Å². The van der Waals surface area contributed by atoms with Crippen LogP contribution >= 0.6 is 11.6 Å². The van der Waals surface area contributed by atoms with E-state index in [9.17, 15) is 8.42 Å². The van der Waals surface area contributed by atoms with Crippen LogP contribution in [0.1, 0.15) is 5.56 Å². The van der Waals surface area contributed by atoms with Gasteiger partial charge in [-0.15, -0.1) is 0 Å². The topological polar surface area (TPSA) is 116 Å². The molecule has 2 aromatic heterocycles. The minimum absolute atomic E-state index is 0.117. The van der Waals surface area contributed by atoms with Crippen molar-refractivity contribution in [2.45, 2.75) is 11.8 Å². The number of nitrogens with two attached hydrogens (primary N) is 1. The first-order valence-corrected chi connectivity index (χ1v) is 13.6. The first-order valence-electron chi connectivity index (χ1n) is 11.7. The Morgan fingerprint density at radius 2 is 1.26 bits per heavy atom. The van der Waals surface area contributed by atoms with E-state index in [1.807, 2.05) is 60.7 Å². The Bertz CT molecular complexity index is 1600. The highest BCUT2D eigenvalue weighted by Gasteiger charge is 2.18. The maximum Gasteiger partial charge on any atom is 0.263 e. The lowest BCUT2D eigenvalue weighted by molar-refractivity contribution is 0.480. The van der Waals surface area contributed by atoms with Crippen molar-refractivity contribution < 1.29 is 17.9 Å². The number of ether oxygens (including phenoxy) is 2. The van der Waals surface area contributed by atoms with Gasteiger partial charge in [0.2, 0.25) is 0 Å². The Morgan fingerprint density at radius 3 is 1.77 bits per heavy atom. The standard InChI is InChI=1S/C18H15ClN2O3S.C11H10N2O/c1-13-16(19)8-5-9-17(13)25(22,23)21-18-11-10-15(12-20-18)24-14-6-3-2-4-7-14;12-11-7-6-10(8-13-11)14-9-4-2-1-3-5-9/h2-12H,1H3,(H,20,21);1-8H,(H2,12,13). The van der Waals surface area contributed by atoms with Crippen LogP contribution in [0.3, 0.4) is 0 Å². The molecule has 198 valence electrons. The van der Waals surface area contributed by atoms with Gasteiger partial charge in [0.25, 0.3) is 10.0 Å². The van der Waals surface area contributed by atoms with Crippen molar-refractivity contribution in [3.8, 4) is 23.0 Å². The lowest BCUT2D eigenvalue weighted by atomic mass is 10.2. The number of nitrogen functional groups attached to an aromatic ring is 1. The average Bonchev–Trinajstić information content (AvgIpc) is 2.94. The van der Waals surface area contributed by atoms with Gasteiger partial charge in [0.15, 0.2) is 0 Å². The van der Waals surface area contributed by atoms with E-state index in [2.05, 4.69) is 14.7 Å². The molecule has 0 radical (unpaired) electrons. The fraction of sp³-hybridized carbons (Fsp3) is 0.0345. The third-order valence-electron chi connectivity index (χ3n) is 5.20. The highest BCUT2D eigenvalue weighted by Crippen LogP contribution is 2.26. The third kappa shape index (κ3) is 7.94. The molecule has 0 bridgehead atoms. The predicted octanol–water partition coefficient (Wildman–Crippen LogP) is 7.09. The Hall–Kier alpha value is -4.60. The Balaban J connectivity index is 0.000000212. The van der Waals surface area contributed by atoms with Gasteiger partial charge in [-0.25, -0.2) is 18.4 Å². The van der Waals surface area contributed by atoms with E-state index in [1.165, 1.54) is 18.3 Å². The molecule has 0 saturated heterocycles. The summed E-state index contributed by atoms with van der Waals surface area (Å²) in [6, 6.07) is 30.2. The quantitative estimate of drug-likeness (QED) is 0.218. The van der Waals surface area contributed by atoms with Gasteiger partial charge in [-0.1, -0.05) is 54.1 Å². The first kappa shape index (κ1) is 27.4. The summed E-state index contributed by atoms with van der Waals surface area (Å²) in [5.41, 5.74) is 5.94. The molecule has 8 nitrogen and oxygen atoms in total. The third-order valence-corrected chi connectivity index (χ3v) is 7.11. The summed E-state index contributed by atoms with van der Waals surface area (Å²) >= 11 is 6.00. The van der Waals surface area contributed by atoms with Crippen molar-refractivity contribution in [1.29, 1.82) is 0 Å². The zero-order chi connectivity index (χ0) is 27.7. The highest BCUT2D eigenvalue weighted by molar-refractivity contribution is 7.92. The molecule has 10 heteroatoms. The Morgan fingerprint density at radius 1 is 0.692 bits per heavy atom. The van der Waals surface area contributed by atoms with E-state index in [1.54, 1.807) is 43.5 Å². The molecule has 2 heterocycles. The second-order valence-electron chi connectivity index (χ2n) is 8.10. The van der Waals surface area contributed by atoms with Crippen LogP contribution in [0, 0.1) is 6.92 Å². The van der Waals surface area contributed by atoms with Crippen LogP contribution in [-0.4, -0.2) is 18.4 Å². The number of nitrogens with one attached hydrogen (secondary N) is 1. The fourth-order valence-electron chi connectivity index (χ4n) is 3.27. The molecule has 0 aliphatic heterocycles. The number of benzene rings is 3. The molecule has 0 saturated carbocycles. The van der Waals surface area contributed by atoms with Crippen LogP contribution < -0.4 is 19.9 Å². The molecule has 0 atom stereocenters. The maximum atomic E-state index is 12.5. The van der Waals surface area contributed by atoms with Crippen molar-refractivity contribution in [1.82, 2.24) is 9.97 Å². The van der Waals surface area contributed by atoms with Gasteiger partial charge in [0.05, 0.1) is 17.3 Å². The number of nitrogens with zero attached hydrogens (tertiary/aromatic N) is 2. The van der Waals surface area contributed by atoms with Gasteiger partial charge in [-0.2, -0.15) is 0 Å². The molecular formula is C29H25ClN4O4S. The molecule has 0 amide bonds. The molecule has 0 fully saturated rings. The van der Waals surface area contributed by atoms with Crippen molar-refractivity contribution >= 4 is 33.3 Å². The summed E-state index contributed by atoms with van der Waals surface area (Å²) in [5.74, 6) is 3.34. The highest BCUT2D eigenvalue weighted by atomic mass is 35.5. The normalized spacial score (nSPS) is 10.6. The zero-order valence-corrected chi connectivity index (χ0v) is 22.4. The van der Waals surface area contributed by atoms with Crippen LogP contribution in [0.15, 0.2) is 120 Å². The monoisotopic (exact) mass is 560 g/mol. The van der Waals surface area contributed by atoms with Gasteiger partial charge < -0.3 is 15.2 Å². The molecular weight excluding hydrogens is 536 g/mol. The molecule has 0 aliphatic rings. The summed E-state index contributed by atoms with van der Waals surface area (Å²) in [6.45, 7) is 1.65. The van der Waals surface area contributed by atoms with Crippen LogP contribution in [0.5, 0.6) is 23.0 Å². The van der Waals surface area contributed by atoms with Crippen molar-refractivity contribution in [3.63, 3.8) is 0 Å². The molecule has 5 aromatic rings. The van der Waals surface area contributed by atoms with Crippen molar-refractivity contribution in [3.05, 3.63) is 126 Å². The molecule has 39 heavy (non-hydrogen) atoms. The minimum Gasteiger partial charge on any atom is -0.456 e. The average molecular weight is 561 g/mol. The molecule has 3 N–H and O–H groups in total. The number of hydrogen-bond acceptors (Lipinski definition) is 7. The molecule has 5 rings (SSSR count). The zero-order valence-electron chi connectivity index (χ0n) is 20.9.